The molecule has 60 valence electrons. The van der Waals surface area contributed by atoms with E-state index < -0.39 is 9.21 Å². The van der Waals surface area contributed by atoms with Gasteiger partial charge in [0, 0.05) is 0 Å². The van der Waals surface area contributed by atoms with Gasteiger partial charge in [-0.05, 0) is 55.2 Å². The number of hydrogen-bond acceptors (Lipinski definition) is 2. The van der Waals surface area contributed by atoms with Crippen LogP contribution in [-0.4, -0.2) is 19.4 Å². The summed E-state index contributed by atoms with van der Waals surface area (Å²) in [6.07, 6.45) is 2.85. The Hall–Kier alpha value is 0.650. The van der Waals surface area contributed by atoms with E-state index in [0.717, 1.165) is 0 Å². The minimum absolute atomic E-state index is 0.530. The molecule has 0 heterocycles. The molecule has 10 heavy (non-hydrogen) atoms. The van der Waals surface area contributed by atoms with Crippen molar-refractivity contribution in [1.29, 1.82) is 0 Å². The quantitative estimate of drug-likeness (QED) is 0.508. The Labute approximate surface area is 74.8 Å². The highest BCUT2D eigenvalue weighted by molar-refractivity contribution is 14.1. The Morgan fingerprint density at radius 2 is 1.50 bits per heavy atom. The Morgan fingerprint density at radius 1 is 1.10 bits per heavy atom. The van der Waals surface area contributed by atoms with Crippen molar-refractivity contribution in [2.45, 2.75) is 41.8 Å². The van der Waals surface area contributed by atoms with E-state index in [0.29, 0.717) is 25.7 Å². The van der Waals surface area contributed by atoms with E-state index in [4.69, 9.17) is 0 Å². The third-order valence-corrected chi connectivity index (χ3v) is 3.17. The topological polar surface area (TPSA) is 40.5 Å². The average molecular weight is 256 g/mol. The van der Waals surface area contributed by atoms with Crippen LogP contribution in [0.25, 0.3) is 0 Å². The van der Waals surface area contributed by atoms with Crippen LogP contribution in [0.3, 0.4) is 0 Å². The number of alkyl halides is 1. The molecule has 0 unspecified atom stereocenters. The zero-order valence-electron chi connectivity index (χ0n) is 6.10. The summed E-state index contributed by atoms with van der Waals surface area (Å²) in [5.74, 6) is 0. The van der Waals surface area contributed by atoms with Crippen LogP contribution in [0.1, 0.15) is 32.6 Å². The van der Waals surface area contributed by atoms with Crippen LogP contribution in [-0.2, 0) is 0 Å². The number of halogens is 1. The molecule has 0 aromatic carbocycles. The van der Waals surface area contributed by atoms with E-state index in [1.54, 1.807) is 0 Å². The molecule has 0 aliphatic heterocycles. The Morgan fingerprint density at radius 3 is 1.80 bits per heavy atom. The van der Waals surface area contributed by atoms with Crippen LogP contribution in [0.2, 0.25) is 0 Å². The van der Waals surface area contributed by atoms with E-state index in [2.05, 4.69) is 22.6 Å². The Kier molecular flexibility index (Phi) is 2.28. The fraction of sp³-hybridized carbons (Fsp3) is 1.00. The van der Waals surface area contributed by atoms with Crippen molar-refractivity contribution in [2.24, 2.45) is 0 Å². The van der Waals surface area contributed by atoms with Gasteiger partial charge in [-0.3, -0.25) is 0 Å². The molecule has 0 atom stereocenters. The SMILES string of the molecule is CC1(O)CCC(O)(I)CC1. The predicted octanol–water partition coefficient (Wildman–Crippen LogP) is 1.44. The second-order valence-corrected chi connectivity index (χ2v) is 5.42. The van der Waals surface area contributed by atoms with Crippen molar-refractivity contribution in [3.05, 3.63) is 0 Å². The number of hydrogen-bond donors (Lipinski definition) is 2. The summed E-state index contributed by atoms with van der Waals surface area (Å²) in [6, 6.07) is 0. The van der Waals surface area contributed by atoms with Crippen molar-refractivity contribution in [3.63, 3.8) is 0 Å². The minimum atomic E-state index is -0.556. The van der Waals surface area contributed by atoms with Gasteiger partial charge in [0.25, 0.3) is 0 Å². The zero-order chi connectivity index (χ0) is 7.83. The van der Waals surface area contributed by atoms with Gasteiger partial charge in [-0.15, -0.1) is 0 Å². The standard InChI is InChI=1S/C7H13IO2/c1-6(9)2-4-7(8,10)5-3-6/h9-10H,2-5H2,1H3. The van der Waals surface area contributed by atoms with Gasteiger partial charge in [0.05, 0.1) is 5.60 Å². The molecular formula is C7H13IO2. The summed E-state index contributed by atoms with van der Waals surface area (Å²) in [4.78, 5) is 0. The molecular weight excluding hydrogens is 243 g/mol. The van der Waals surface area contributed by atoms with Gasteiger partial charge < -0.3 is 10.2 Å². The minimum Gasteiger partial charge on any atom is -0.390 e. The van der Waals surface area contributed by atoms with E-state index in [1.165, 1.54) is 0 Å². The lowest BCUT2D eigenvalue weighted by atomic mass is 9.85. The molecule has 0 aromatic heterocycles. The van der Waals surface area contributed by atoms with Crippen LogP contribution in [0, 0.1) is 0 Å². The Bertz CT molecular complexity index is 104. The first-order valence-corrected chi connectivity index (χ1v) is 4.63. The molecule has 0 radical (unpaired) electrons. The monoisotopic (exact) mass is 256 g/mol. The average Bonchev–Trinajstić information content (AvgIpc) is 1.79. The van der Waals surface area contributed by atoms with E-state index in [9.17, 15) is 10.2 Å². The van der Waals surface area contributed by atoms with Gasteiger partial charge in [0.1, 0.15) is 3.61 Å². The molecule has 1 aliphatic carbocycles. The molecule has 3 heteroatoms. The van der Waals surface area contributed by atoms with Gasteiger partial charge in [-0.1, -0.05) is 0 Å². The van der Waals surface area contributed by atoms with Crippen molar-refractivity contribution in [3.8, 4) is 0 Å². The first kappa shape index (κ1) is 8.74. The normalized spacial score (nSPS) is 49.2. The van der Waals surface area contributed by atoms with Crippen LogP contribution in [0.15, 0.2) is 0 Å². The predicted molar refractivity (Wildman–Crippen MR) is 48.1 cm³/mol. The third-order valence-electron chi connectivity index (χ3n) is 2.09. The first-order valence-electron chi connectivity index (χ1n) is 3.55. The first-order chi connectivity index (χ1) is 4.41. The molecule has 0 saturated heterocycles. The van der Waals surface area contributed by atoms with Crippen molar-refractivity contribution in [2.75, 3.05) is 0 Å². The second-order valence-electron chi connectivity index (χ2n) is 3.41. The van der Waals surface area contributed by atoms with Crippen molar-refractivity contribution < 1.29 is 10.2 Å². The molecule has 2 nitrogen and oxygen atoms in total. The summed E-state index contributed by atoms with van der Waals surface area (Å²) in [5, 5.41) is 19.0. The Balaban J connectivity index is 2.46. The lowest BCUT2D eigenvalue weighted by molar-refractivity contribution is -0.0235. The highest BCUT2D eigenvalue weighted by atomic mass is 127. The second kappa shape index (κ2) is 2.60. The van der Waals surface area contributed by atoms with Crippen LogP contribution in [0.4, 0.5) is 0 Å². The molecule has 2 N–H and O–H groups in total. The molecule has 1 fully saturated rings. The summed E-state index contributed by atoms with van der Waals surface area (Å²) in [7, 11) is 0. The van der Waals surface area contributed by atoms with Gasteiger partial charge in [0.15, 0.2) is 0 Å². The molecule has 0 spiro atoms. The summed E-state index contributed by atoms with van der Waals surface area (Å²) in [5.41, 5.74) is -0.530. The zero-order valence-corrected chi connectivity index (χ0v) is 8.26. The highest BCUT2D eigenvalue weighted by Gasteiger charge is 2.35. The number of rotatable bonds is 0. The third kappa shape index (κ3) is 2.36. The summed E-state index contributed by atoms with van der Waals surface area (Å²) in [6.45, 7) is 1.83. The van der Waals surface area contributed by atoms with Gasteiger partial charge >= 0.3 is 0 Å². The van der Waals surface area contributed by atoms with E-state index >= 15 is 0 Å². The van der Waals surface area contributed by atoms with Gasteiger partial charge in [0.2, 0.25) is 0 Å². The molecule has 0 bridgehead atoms. The van der Waals surface area contributed by atoms with Gasteiger partial charge in [-0.25, -0.2) is 0 Å². The lowest BCUT2D eigenvalue weighted by Crippen LogP contribution is -2.37. The maximum Gasteiger partial charge on any atom is 0.116 e. The maximum atomic E-state index is 9.49. The molecule has 0 aromatic rings. The molecule has 1 rings (SSSR count). The van der Waals surface area contributed by atoms with Crippen LogP contribution < -0.4 is 0 Å². The van der Waals surface area contributed by atoms with Crippen LogP contribution in [0.5, 0.6) is 0 Å². The maximum absolute atomic E-state index is 9.49. The molecule has 0 amide bonds. The summed E-state index contributed by atoms with van der Waals surface area (Å²) >= 11 is 2.05. The fourth-order valence-electron chi connectivity index (χ4n) is 1.17. The summed E-state index contributed by atoms with van der Waals surface area (Å²) < 4.78 is -0.556. The van der Waals surface area contributed by atoms with E-state index in [-0.39, 0.29) is 0 Å². The van der Waals surface area contributed by atoms with Crippen molar-refractivity contribution >= 4 is 22.6 Å². The largest absolute Gasteiger partial charge is 0.390 e. The lowest BCUT2D eigenvalue weighted by Gasteiger charge is -2.35. The van der Waals surface area contributed by atoms with Crippen molar-refractivity contribution in [1.82, 2.24) is 0 Å². The van der Waals surface area contributed by atoms with Gasteiger partial charge in [-0.2, -0.15) is 0 Å². The van der Waals surface area contributed by atoms with E-state index in [1.807, 2.05) is 6.92 Å². The smallest absolute Gasteiger partial charge is 0.116 e. The molecule has 1 saturated carbocycles. The highest BCUT2D eigenvalue weighted by Crippen LogP contribution is 2.38. The fourth-order valence-corrected chi connectivity index (χ4v) is 1.71. The molecule has 1 aliphatic rings. The van der Waals surface area contributed by atoms with Crippen LogP contribution >= 0.6 is 22.6 Å². The number of aliphatic hydroxyl groups is 2.